The first-order valence-electron chi connectivity index (χ1n) is 13.2. The number of aliphatic hydroxyl groups is 1. The maximum Gasteiger partial charge on any atom is 0.328 e. The normalized spacial score (nSPS) is 15.2. The fourth-order valence-electron chi connectivity index (χ4n) is 4.24. The average Bonchev–Trinajstić information content (AvgIpc) is 3.47. The number of nitrogens with one attached hydrogen (secondary N) is 1. The first kappa shape index (κ1) is 31.9. The molecular weight excluding hydrogens is 510 g/mol. The molecule has 7 heteroatoms. The van der Waals surface area contributed by atoms with E-state index in [1.807, 2.05) is 62.5 Å². The smallest absolute Gasteiger partial charge is 0.328 e. The van der Waals surface area contributed by atoms with E-state index in [0.717, 1.165) is 48.1 Å². The Labute approximate surface area is 238 Å². The molecule has 2 unspecified atom stereocenters. The number of pyridine rings is 1. The summed E-state index contributed by atoms with van der Waals surface area (Å²) < 4.78 is 0. The summed E-state index contributed by atoms with van der Waals surface area (Å²) in [4.78, 5) is 17.9. The highest BCUT2D eigenvalue weighted by atomic mass is 35.5. The van der Waals surface area contributed by atoms with Crippen molar-refractivity contribution in [2.24, 2.45) is 0 Å². The summed E-state index contributed by atoms with van der Waals surface area (Å²) >= 11 is 0. The molecule has 6 nitrogen and oxygen atoms in total. The number of hydrogen-bond acceptors (Lipinski definition) is 5. The Hall–Kier alpha value is -3.29. The Bertz CT molecular complexity index is 1210. The Kier molecular flexibility index (Phi) is 13.6. The van der Waals surface area contributed by atoms with Gasteiger partial charge in [-0.25, -0.2) is 9.78 Å². The first-order valence-corrected chi connectivity index (χ1v) is 13.2. The topological polar surface area (TPSA) is 85.7 Å². The zero-order chi connectivity index (χ0) is 27.3. The lowest BCUT2D eigenvalue weighted by atomic mass is 10.00. The van der Waals surface area contributed by atoms with Gasteiger partial charge in [0.1, 0.15) is 0 Å². The van der Waals surface area contributed by atoms with Gasteiger partial charge in [0.05, 0.1) is 17.5 Å². The molecule has 1 fully saturated rings. The van der Waals surface area contributed by atoms with Crippen molar-refractivity contribution >= 4 is 30.0 Å². The standard InChI is InChI=1S/C22H24N2O2.C10H15NO.ClH/c1-17-7-9-18(10-8-17)20(13-16-24-14-2-3-15-24)21-6-4-5-19(23-21)11-12-22(25)26;1-8(11-2)10(12)9-6-4-3-5-7-9;/h4-13H,2-3,14-16H2,1H3,(H,25,26);3-8,10-12H,1-2H3;1H/b12-11+,20-13+;;. The highest BCUT2D eigenvalue weighted by molar-refractivity contribution is 5.85. The van der Waals surface area contributed by atoms with Gasteiger partial charge in [-0.3, -0.25) is 4.90 Å². The molecule has 208 valence electrons. The Balaban J connectivity index is 0.000000346. The minimum absolute atomic E-state index is 0. The van der Waals surface area contributed by atoms with Crippen LogP contribution >= 0.6 is 12.4 Å². The maximum absolute atomic E-state index is 10.8. The summed E-state index contributed by atoms with van der Waals surface area (Å²) in [6, 6.07) is 23.9. The van der Waals surface area contributed by atoms with Gasteiger partial charge in [0.25, 0.3) is 0 Å². The average molecular weight is 550 g/mol. The third-order valence-electron chi connectivity index (χ3n) is 6.63. The minimum Gasteiger partial charge on any atom is -0.478 e. The SMILES string of the molecule is CNC(C)C(O)c1ccccc1.Cc1ccc(/C(=C\CN2CCCC2)c2cccc(/C=C/C(=O)O)n2)cc1.Cl. The number of carbonyl (C=O) groups is 1. The Morgan fingerprint density at radius 3 is 2.31 bits per heavy atom. The van der Waals surface area contributed by atoms with E-state index >= 15 is 0 Å². The van der Waals surface area contributed by atoms with Gasteiger partial charge in [0, 0.05) is 24.2 Å². The third kappa shape index (κ3) is 10.4. The number of benzene rings is 2. The number of carboxylic acids is 1. The maximum atomic E-state index is 10.8. The summed E-state index contributed by atoms with van der Waals surface area (Å²) in [5, 5.41) is 21.6. The van der Waals surface area contributed by atoms with E-state index in [1.54, 1.807) is 0 Å². The van der Waals surface area contributed by atoms with E-state index in [2.05, 4.69) is 52.5 Å². The lowest BCUT2D eigenvalue weighted by molar-refractivity contribution is -0.131. The van der Waals surface area contributed by atoms with Crippen LogP contribution in [0, 0.1) is 6.92 Å². The molecule has 0 saturated carbocycles. The van der Waals surface area contributed by atoms with Crippen molar-refractivity contribution in [1.82, 2.24) is 15.2 Å². The highest BCUT2D eigenvalue weighted by Gasteiger charge is 2.13. The molecule has 0 spiro atoms. The number of aryl methyl sites for hydroxylation is 1. The van der Waals surface area contributed by atoms with Crippen LogP contribution in [0.2, 0.25) is 0 Å². The number of aliphatic hydroxyl groups excluding tert-OH is 1. The summed E-state index contributed by atoms with van der Waals surface area (Å²) in [5.41, 5.74) is 5.90. The van der Waals surface area contributed by atoms with Gasteiger partial charge in [-0.1, -0.05) is 72.3 Å². The Morgan fingerprint density at radius 1 is 1.03 bits per heavy atom. The first-order chi connectivity index (χ1) is 18.4. The number of nitrogens with zero attached hydrogens (tertiary/aromatic N) is 2. The number of carboxylic acid groups (broad SMARTS) is 1. The van der Waals surface area contributed by atoms with Crippen molar-refractivity contribution in [1.29, 1.82) is 0 Å². The van der Waals surface area contributed by atoms with Gasteiger partial charge in [-0.15, -0.1) is 12.4 Å². The van der Waals surface area contributed by atoms with E-state index in [0.29, 0.717) is 5.69 Å². The number of aromatic nitrogens is 1. The molecule has 1 aliphatic heterocycles. The monoisotopic (exact) mass is 549 g/mol. The zero-order valence-electron chi connectivity index (χ0n) is 23.0. The van der Waals surface area contributed by atoms with Gasteiger partial charge in [0.15, 0.2) is 0 Å². The van der Waals surface area contributed by atoms with Crippen molar-refractivity contribution < 1.29 is 15.0 Å². The predicted molar refractivity (Wildman–Crippen MR) is 162 cm³/mol. The molecule has 2 atom stereocenters. The molecule has 1 aromatic heterocycles. The van der Waals surface area contributed by atoms with E-state index < -0.39 is 12.1 Å². The Morgan fingerprint density at radius 2 is 1.69 bits per heavy atom. The summed E-state index contributed by atoms with van der Waals surface area (Å²) in [5.74, 6) is -0.972. The van der Waals surface area contributed by atoms with Crippen molar-refractivity contribution in [3.63, 3.8) is 0 Å². The van der Waals surface area contributed by atoms with Gasteiger partial charge < -0.3 is 15.5 Å². The van der Waals surface area contributed by atoms with Crippen LogP contribution in [0.4, 0.5) is 0 Å². The fourth-order valence-corrected chi connectivity index (χ4v) is 4.24. The number of likely N-dealkylation sites (tertiary alicyclic amines) is 1. The van der Waals surface area contributed by atoms with Crippen molar-refractivity contribution in [3.05, 3.63) is 113 Å². The zero-order valence-corrected chi connectivity index (χ0v) is 23.8. The van der Waals surface area contributed by atoms with E-state index in [-0.39, 0.29) is 18.4 Å². The van der Waals surface area contributed by atoms with Gasteiger partial charge in [0.2, 0.25) is 0 Å². The molecule has 39 heavy (non-hydrogen) atoms. The van der Waals surface area contributed by atoms with Crippen molar-refractivity contribution in [2.45, 2.75) is 38.8 Å². The molecule has 0 aliphatic carbocycles. The molecule has 1 aliphatic rings. The fraction of sp³-hybridized carbons (Fsp3) is 0.312. The second-order valence-electron chi connectivity index (χ2n) is 9.54. The van der Waals surface area contributed by atoms with E-state index in [9.17, 15) is 9.90 Å². The van der Waals surface area contributed by atoms with Crippen molar-refractivity contribution in [3.8, 4) is 0 Å². The lowest BCUT2D eigenvalue weighted by Gasteiger charge is -2.17. The molecular formula is C32H40ClN3O3. The molecule has 2 heterocycles. The lowest BCUT2D eigenvalue weighted by Crippen LogP contribution is -2.28. The number of likely N-dealkylation sites (N-methyl/N-ethyl adjacent to an activating group) is 1. The third-order valence-corrected chi connectivity index (χ3v) is 6.63. The van der Waals surface area contributed by atoms with Crippen molar-refractivity contribution in [2.75, 3.05) is 26.7 Å². The van der Waals surface area contributed by atoms with E-state index in [1.165, 1.54) is 24.5 Å². The molecule has 3 N–H and O–H groups in total. The molecule has 3 aromatic rings. The van der Waals surface area contributed by atoms with Crippen LogP contribution in [0.15, 0.2) is 84.9 Å². The number of halogens is 1. The van der Waals surface area contributed by atoms with Crippen LogP contribution in [0.3, 0.4) is 0 Å². The quantitative estimate of drug-likeness (QED) is 0.294. The molecule has 4 rings (SSSR count). The van der Waals surface area contributed by atoms with Crippen LogP contribution < -0.4 is 5.32 Å². The largest absolute Gasteiger partial charge is 0.478 e. The summed E-state index contributed by atoms with van der Waals surface area (Å²) in [6.07, 6.45) is 6.99. The van der Waals surface area contributed by atoms with Crippen LogP contribution in [0.25, 0.3) is 11.6 Å². The van der Waals surface area contributed by atoms with E-state index in [4.69, 9.17) is 5.11 Å². The molecule has 1 saturated heterocycles. The van der Waals surface area contributed by atoms with Gasteiger partial charge >= 0.3 is 5.97 Å². The molecule has 0 radical (unpaired) electrons. The van der Waals surface area contributed by atoms with Crippen LogP contribution in [-0.2, 0) is 4.79 Å². The van der Waals surface area contributed by atoms with Gasteiger partial charge in [-0.05, 0) is 76.2 Å². The number of hydrogen-bond donors (Lipinski definition) is 3. The van der Waals surface area contributed by atoms with Crippen LogP contribution in [0.5, 0.6) is 0 Å². The highest BCUT2D eigenvalue weighted by Crippen LogP contribution is 2.23. The summed E-state index contributed by atoms with van der Waals surface area (Å²) in [7, 11) is 1.84. The number of aliphatic carboxylic acids is 1. The minimum atomic E-state index is -0.972. The molecule has 0 bridgehead atoms. The number of rotatable bonds is 9. The molecule has 0 amide bonds. The second-order valence-corrected chi connectivity index (χ2v) is 9.54. The predicted octanol–water partition coefficient (Wildman–Crippen LogP) is 5.77. The van der Waals surface area contributed by atoms with Crippen LogP contribution in [-0.4, -0.2) is 58.8 Å². The summed E-state index contributed by atoms with van der Waals surface area (Å²) in [6.45, 7) is 7.23. The second kappa shape index (κ2) is 16.6. The molecule has 2 aromatic carbocycles. The van der Waals surface area contributed by atoms with Gasteiger partial charge in [-0.2, -0.15) is 0 Å². The van der Waals surface area contributed by atoms with Crippen LogP contribution in [0.1, 0.15) is 53.9 Å².